The normalized spacial score (nSPS) is 14.7. The molecule has 0 saturated carbocycles. The number of hydrogen-bond acceptors (Lipinski definition) is 6. The molecule has 0 fully saturated rings. The summed E-state index contributed by atoms with van der Waals surface area (Å²) in [5, 5.41) is 17.2. The zero-order chi connectivity index (χ0) is 10.4. The van der Waals surface area contributed by atoms with Gasteiger partial charge in [0.15, 0.2) is 6.10 Å². The molecule has 0 aliphatic heterocycles. The van der Waals surface area contributed by atoms with Gasteiger partial charge in [-0.05, 0) is 0 Å². The van der Waals surface area contributed by atoms with E-state index in [1.54, 1.807) is 0 Å². The Labute approximate surface area is 74.3 Å². The van der Waals surface area contributed by atoms with Crippen LogP contribution < -0.4 is 11.5 Å². The number of esters is 1. The van der Waals surface area contributed by atoms with Crippen LogP contribution in [-0.4, -0.2) is 47.4 Å². The van der Waals surface area contributed by atoms with Gasteiger partial charge in [-0.3, -0.25) is 0 Å². The van der Waals surface area contributed by atoms with E-state index in [-0.39, 0.29) is 13.1 Å². The SMILES string of the molecule is NCC(O)C(=O)OC(CN)C(=O)O. The molecule has 76 valence electrons. The van der Waals surface area contributed by atoms with E-state index in [4.69, 9.17) is 21.7 Å². The Kier molecular flexibility index (Phi) is 4.97. The van der Waals surface area contributed by atoms with E-state index in [2.05, 4.69) is 4.74 Å². The lowest BCUT2D eigenvalue weighted by Crippen LogP contribution is -2.39. The molecule has 0 spiro atoms. The Hall–Kier alpha value is -1.18. The lowest BCUT2D eigenvalue weighted by atomic mass is 10.3. The maximum absolute atomic E-state index is 10.8. The minimum Gasteiger partial charge on any atom is -0.478 e. The summed E-state index contributed by atoms with van der Waals surface area (Å²) in [5.41, 5.74) is 9.93. The molecule has 13 heavy (non-hydrogen) atoms. The van der Waals surface area contributed by atoms with Crippen molar-refractivity contribution in [2.75, 3.05) is 13.1 Å². The number of carbonyl (C=O) groups excluding carboxylic acids is 1. The highest BCUT2D eigenvalue weighted by Gasteiger charge is 2.24. The molecule has 7 nitrogen and oxygen atoms in total. The molecule has 0 saturated heterocycles. The highest BCUT2D eigenvalue weighted by Crippen LogP contribution is 1.94. The third-order valence-electron chi connectivity index (χ3n) is 1.24. The van der Waals surface area contributed by atoms with Crippen LogP contribution in [0.15, 0.2) is 0 Å². The first-order valence-corrected chi connectivity index (χ1v) is 3.54. The highest BCUT2D eigenvalue weighted by atomic mass is 16.6. The Morgan fingerprint density at radius 1 is 1.31 bits per heavy atom. The number of carboxylic acids is 1. The standard InChI is InChI=1S/C6H12N2O5/c7-1-3(9)6(12)13-4(2-8)5(10)11/h3-4,9H,1-2,7-8H2,(H,10,11). The minimum absolute atomic E-state index is 0.324. The number of aliphatic hydroxyl groups is 1. The molecule has 0 amide bonds. The van der Waals surface area contributed by atoms with Crippen LogP contribution in [0.3, 0.4) is 0 Å². The van der Waals surface area contributed by atoms with Gasteiger partial charge in [0.2, 0.25) is 6.10 Å². The van der Waals surface area contributed by atoms with E-state index in [0.717, 1.165) is 0 Å². The number of aliphatic hydroxyl groups excluding tert-OH is 1. The Morgan fingerprint density at radius 3 is 2.15 bits per heavy atom. The summed E-state index contributed by atoms with van der Waals surface area (Å²) >= 11 is 0. The van der Waals surface area contributed by atoms with Crippen molar-refractivity contribution in [3.05, 3.63) is 0 Å². The van der Waals surface area contributed by atoms with E-state index in [0.29, 0.717) is 0 Å². The number of carboxylic acid groups (broad SMARTS) is 1. The molecule has 2 atom stereocenters. The van der Waals surface area contributed by atoms with E-state index in [9.17, 15) is 9.59 Å². The summed E-state index contributed by atoms with van der Waals surface area (Å²) in [6.07, 6.45) is -2.94. The van der Waals surface area contributed by atoms with Crippen LogP contribution >= 0.6 is 0 Å². The van der Waals surface area contributed by atoms with Gasteiger partial charge in [0.1, 0.15) is 0 Å². The molecule has 7 heteroatoms. The van der Waals surface area contributed by atoms with Crippen LogP contribution in [-0.2, 0) is 14.3 Å². The van der Waals surface area contributed by atoms with Gasteiger partial charge in [-0.2, -0.15) is 0 Å². The Morgan fingerprint density at radius 2 is 1.85 bits per heavy atom. The van der Waals surface area contributed by atoms with Crippen molar-refractivity contribution in [1.82, 2.24) is 0 Å². The number of rotatable bonds is 5. The minimum atomic E-state index is -1.51. The zero-order valence-electron chi connectivity index (χ0n) is 6.84. The molecule has 0 radical (unpaired) electrons. The second kappa shape index (κ2) is 5.46. The second-order valence-corrected chi connectivity index (χ2v) is 2.25. The molecule has 0 aliphatic carbocycles. The second-order valence-electron chi connectivity index (χ2n) is 2.25. The fraction of sp³-hybridized carbons (Fsp3) is 0.667. The monoisotopic (exact) mass is 192 g/mol. The van der Waals surface area contributed by atoms with Gasteiger partial charge in [0, 0.05) is 13.1 Å². The summed E-state index contributed by atoms with van der Waals surface area (Å²) in [7, 11) is 0. The number of aliphatic carboxylic acids is 1. The predicted molar refractivity (Wildman–Crippen MR) is 41.6 cm³/mol. The molecule has 0 aromatic heterocycles. The van der Waals surface area contributed by atoms with Crippen LogP contribution in [0, 0.1) is 0 Å². The molecular formula is C6H12N2O5. The van der Waals surface area contributed by atoms with Gasteiger partial charge in [-0.25, -0.2) is 9.59 Å². The summed E-state index contributed by atoms with van der Waals surface area (Å²) in [5.74, 6) is -2.44. The fourth-order valence-electron chi connectivity index (χ4n) is 0.514. The molecular weight excluding hydrogens is 180 g/mol. The van der Waals surface area contributed by atoms with Crippen molar-refractivity contribution < 1.29 is 24.5 Å². The molecule has 0 heterocycles. The maximum Gasteiger partial charge on any atom is 0.346 e. The summed E-state index contributed by atoms with van der Waals surface area (Å²) in [6, 6.07) is 0. The third-order valence-corrected chi connectivity index (χ3v) is 1.24. The lowest BCUT2D eigenvalue weighted by molar-refractivity contribution is -0.168. The smallest absolute Gasteiger partial charge is 0.346 e. The van der Waals surface area contributed by atoms with Gasteiger partial charge >= 0.3 is 11.9 Å². The van der Waals surface area contributed by atoms with E-state index < -0.39 is 24.1 Å². The molecule has 6 N–H and O–H groups in total. The molecule has 0 bridgehead atoms. The largest absolute Gasteiger partial charge is 0.478 e. The number of ether oxygens (including phenoxy) is 1. The van der Waals surface area contributed by atoms with Crippen LogP contribution in [0.2, 0.25) is 0 Å². The molecule has 0 rings (SSSR count). The summed E-state index contributed by atoms with van der Waals surface area (Å²) in [6.45, 7) is -0.673. The van der Waals surface area contributed by atoms with Gasteiger partial charge in [0.05, 0.1) is 0 Å². The van der Waals surface area contributed by atoms with Crippen LogP contribution in [0.5, 0.6) is 0 Å². The summed E-state index contributed by atoms with van der Waals surface area (Å²) < 4.78 is 4.32. The van der Waals surface area contributed by atoms with Crippen molar-refractivity contribution >= 4 is 11.9 Å². The van der Waals surface area contributed by atoms with Crippen molar-refractivity contribution in [3.63, 3.8) is 0 Å². The van der Waals surface area contributed by atoms with Gasteiger partial charge in [0.25, 0.3) is 0 Å². The van der Waals surface area contributed by atoms with E-state index >= 15 is 0 Å². The topological polar surface area (TPSA) is 136 Å². The van der Waals surface area contributed by atoms with Crippen LogP contribution in [0.1, 0.15) is 0 Å². The zero-order valence-corrected chi connectivity index (χ0v) is 6.84. The molecule has 0 aromatic carbocycles. The van der Waals surface area contributed by atoms with E-state index in [1.165, 1.54) is 0 Å². The van der Waals surface area contributed by atoms with E-state index in [1.807, 2.05) is 0 Å². The molecule has 0 aliphatic rings. The Bertz CT molecular complexity index is 195. The van der Waals surface area contributed by atoms with Crippen molar-refractivity contribution in [3.8, 4) is 0 Å². The molecule has 2 unspecified atom stereocenters. The van der Waals surface area contributed by atoms with Crippen molar-refractivity contribution in [1.29, 1.82) is 0 Å². The number of hydrogen-bond donors (Lipinski definition) is 4. The predicted octanol–water partition coefficient (Wildman–Crippen LogP) is -2.74. The average Bonchev–Trinajstić information content (AvgIpc) is 2.11. The third kappa shape index (κ3) is 3.83. The van der Waals surface area contributed by atoms with Crippen molar-refractivity contribution in [2.24, 2.45) is 11.5 Å². The quantitative estimate of drug-likeness (QED) is 0.347. The lowest BCUT2D eigenvalue weighted by Gasteiger charge is -2.13. The van der Waals surface area contributed by atoms with Gasteiger partial charge in [-0.1, -0.05) is 0 Å². The van der Waals surface area contributed by atoms with Gasteiger partial charge in [-0.15, -0.1) is 0 Å². The van der Waals surface area contributed by atoms with Crippen LogP contribution in [0.4, 0.5) is 0 Å². The van der Waals surface area contributed by atoms with Gasteiger partial charge < -0.3 is 26.4 Å². The maximum atomic E-state index is 10.8. The summed E-state index contributed by atoms with van der Waals surface area (Å²) in [4.78, 5) is 21.1. The first-order chi connectivity index (χ1) is 6.02. The number of nitrogens with two attached hydrogens (primary N) is 2. The first kappa shape index (κ1) is 11.8. The average molecular weight is 192 g/mol. The van der Waals surface area contributed by atoms with Crippen molar-refractivity contribution in [2.45, 2.75) is 12.2 Å². The van der Waals surface area contributed by atoms with Crippen LogP contribution in [0.25, 0.3) is 0 Å². The molecule has 0 aromatic rings. The fourth-order valence-corrected chi connectivity index (χ4v) is 0.514. The Balaban J connectivity index is 4.09. The number of carbonyl (C=O) groups is 2. The first-order valence-electron chi connectivity index (χ1n) is 3.54. The highest BCUT2D eigenvalue weighted by molar-refractivity contribution is 5.80.